The third kappa shape index (κ3) is 7.98. The molecule has 1 aromatic heterocycles. The van der Waals surface area contributed by atoms with E-state index in [1.165, 1.54) is 10.2 Å². The van der Waals surface area contributed by atoms with Gasteiger partial charge in [-0.15, -0.1) is 0 Å². The summed E-state index contributed by atoms with van der Waals surface area (Å²) in [6.45, 7) is 8.44. The number of aromatic nitrogens is 2. The zero-order chi connectivity index (χ0) is 39.1. The topological polar surface area (TPSA) is 143 Å². The molecular weight excluding hydrogens is 778 g/mol. The van der Waals surface area contributed by atoms with Crippen LogP contribution in [0, 0.1) is 5.92 Å². The van der Waals surface area contributed by atoms with Crippen LogP contribution in [-0.4, -0.2) is 131 Å². The molecule has 0 bridgehead atoms. The lowest BCUT2D eigenvalue weighted by Gasteiger charge is -2.39. The number of likely N-dealkylation sites (N-methyl/N-ethyl adjacent to an activating group) is 1. The molecule has 4 saturated heterocycles. The molecule has 0 aliphatic carbocycles. The lowest BCUT2D eigenvalue weighted by Crippen LogP contribution is -2.52. The third-order valence-electron chi connectivity index (χ3n) is 12.4. The fraction of sp³-hybridized carbons (Fsp3) is 0.512. The summed E-state index contributed by atoms with van der Waals surface area (Å²) in [6, 6.07) is 13.7. The third-order valence-corrected chi connectivity index (χ3v) is 13.1. The second-order valence-corrected chi connectivity index (χ2v) is 17.0. The summed E-state index contributed by atoms with van der Waals surface area (Å²) in [5.74, 6) is 0.135. The number of rotatable bonds is 8. The summed E-state index contributed by atoms with van der Waals surface area (Å²) in [7, 11) is 3.75. The van der Waals surface area contributed by atoms with E-state index in [4.69, 9.17) is 0 Å². The van der Waals surface area contributed by atoms with Crippen LogP contribution in [0.4, 0.5) is 11.4 Å². The van der Waals surface area contributed by atoms with E-state index in [2.05, 4.69) is 71.6 Å². The highest BCUT2D eigenvalue weighted by Gasteiger charge is 2.39. The van der Waals surface area contributed by atoms with Crippen LogP contribution >= 0.6 is 15.9 Å². The smallest absolute Gasteiger partial charge is 0.282 e. The highest BCUT2D eigenvalue weighted by molar-refractivity contribution is 9.10. The Hall–Kier alpha value is -4.60. The lowest BCUT2D eigenvalue weighted by molar-refractivity contribution is -0.136. The predicted octanol–water partition coefficient (Wildman–Crippen LogP) is 2.88. The first-order chi connectivity index (χ1) is 27.0. The highest BCUT2D eigenvalue weighted by atomic mass is 79.9. The Kier molecular flexibility index (Phi) is 11.0. The minimum absolute atomic E-state index is 0.100. The zero-order valence-corrected chi connectivity index (χ0v) is 33.7. The van der Waals surface area contributed by atoms with Gasteiger partial charge in [0.25, 0.3) is 17.4 Å². The maximum absolute atomic E-state index is 13.6. The monoisotopic (exact) mass is 827 g/mol. The summed E-state index contributed by atoms with van der Waals surface area (Å²) in [5, 5.41) is 10.1. The van der Waals surface area contributed by atoms with Crippen LogP contribution in [0.5, 0.6) is 0 Å². The number of nitrogens with one attached hydrogen (secondary N) is 2. The molecule has 56 heavy (non-hydrogen) atoms. The van der Waals surface area contributed by atoms with Crippen molar-refractivity contribution in [3.05, 3.63) is 85.7 Å². The zero-order valence-electron chi connectivity index (χ0n) is 32.1. The molecule has 14 nitrogen and oxygen atoms in total. The van der Waals surface area contributed by atoms with Gasteiger partial charge in [-0.25, -0.2) is 4.68 Å². The van der Waals surface area contributed by atoms with E-state index < -0.39 is 6.04 Å². The van der Waals surface area contributed by atoms with Gasteiger partial charge in [-0.05, 0) is 102 Å². The summed E-state index contributed by atoms with van der Waals surface area (Å²) >= 11 is 3.43. The van der Waals surface area contributed by atoms with Gasteiger partial charge in [0.15, 0.2) is 0 Å². The van der Waals surface area contributed by atoms with Crippen molar-refractivity contribution in [1.29, 1.82) is 0 Å². The fourth-order valence-corrected chi connectivity index (χ4v) is 9.68. The number of likely N-dealkylation sites (tertiary alicyclic amines) is 2. The number of imide groups is 1. The van der Waals surface area contributed by atoms with E-state index in [1.807, 2.05) is 29.2 Å². The van der Waals surface area contributed by atoms with Crippen molar-refractivity contribution in [2.75, 3.05) is 76.2 Å². The molecule has 6 heterocycles. The highest BCUT2D eigenvalue weighted by Crippen LogP contribution is 2.32. The molecule has 0 saturated carbocycles. The largest absolute Gasteiger partial charge is 0.379 e. The number of hydrogen-bond donors (Lipinski definition) is 2. The van der Waals surface area contributed by atoms with E-state index in [0.717, 1.165) is 95.0 Å². The van der Waals surface area contributed by atoms with Gasteiger partial charge in [-0.1, -0.05) is 12.1 Å². The number of hydrogen-bond acceptors (Lipinski definition) is 10. The maximum Gasteiger partial charge on any atom is 0.282 e. The number of benzene rings is 2. The van der Waals surface area contributed by atoms with Gasteiger partial charge < -0.3 is 24.9 Å². The Morgan fingerprint density at radius 2 is 1.68 bits per heavy atom. The molecule has 3 atom stereocenters. The first kappa shape index (κ1) is 38.3. The molecule has 4 amide bonds. The molecule has 15 heteroatoms. The van der Waals surface area contributed by atoms with Gasteiger partial charge in [0.05, 0.1) is 11.9 Å². The number of fused-ring (bicyclic) bond motifs is 1. The van der Waals surface area contributed by atoms with E-state index in [0.29, 0.717) is 40.5 Å². The number of halogens is 1. The molecule has 5 aliphatic heterocycles. The number of nitrogens with zero attached hydrogens (tertiary/aromatic N) is 7. The number of carbonyl (C=O) groups excluding carboxylic acids is 4. The van der Waals surface area contributed by atoms with Crippen molar-refractivity contribution < 1.29 is 19.2 Å². The molecule has 0 radical (unpaired) electrons. The average Bonchev–Trinajstić information content (AvgIpc) is 3.53. The summed E-state index contributed by atoms with van der Waals surface area (Å²) in [4.78, 5) is 73.9. The lowest BCUT2D eigenvalue weighted by atomic mass is 9.87. The van der Waals surface area contributed by atoms with E-state index in [-0.39, 0.29) is 41.7 Å². The van der Waals surface area contributed by atoms with E-state index in [9.17, 15) is 24.0 Å². The first-order valence-corrected chi connectivity index (χ1v) is 20.6. The summed E-state index contributed by atoms with van der Waals surface area (Å²) in [6.07, 6.45) is 5.19. The Labute approximate surface area is 335 Å². The van der Waals surface area contributed by atoms with Crippen LogP contribution in [-0.2, 0) is 23.2 Å². The van der Waals surface area contributed by atoms with Gasteiger partial charge in [-0.3, -0.25) is 34.2 Å². The SMILES string of the molecule is CN1C[C@H](Nc2cnn(C)c(=O)c2Br)C[C@H](c2ccc(C(=O)N3CCC(CN4CCN(c5ccc6c(c5)CN(C5CCC(=O)NC5=O)C6=O)CC4)CC3)cc2)C1. The Bertz CT molecular complexity index is 2060. The number of piperidine rings is 3. The molecule has 296 valence electrons. The standard InChI is InChI=1S/C41H50BrN9O5/c1-46-23-29(19-31(25-46)44-34-21-43-47(2)41(56)37(34)42)27-3-5-28(6-4-27)39(54)50-13-11-26(12-14-50)22-48-15-17-49(18-16-48)32-7-8-33-30(20-32)24-51(40(33)55)35-9-10-36(52)45-38(35)53/h3-8,20-21,26,29,31,35,44H,9-19,22-25H2,1-2H3,(H,45,52,53)/t29-,31+,35?/m0/s1. The van der Waals surface area contributed by atoms with Crippen LogP contribution in [0.15, 0.2) is 57.9 Å². The Morgan fingerprint density at radius 1 is 0.929 bits per heavy atom. The van der Waals surface area contributed by atoms with E-state index >= 15 is 0 Å². The van der Waals surface area contributed by atoms with Gasteiger partial charge in [0.1, 0.15) is 10.5 Å². The van der Waals surface area contributed by atoms with Crippen LogP contribution in [0.2, 0.25) is 0 Å². The molecule has 8 rings (SSSR count). The van der Waals surface area contributed by atoms with Crippen molar-refractivity contribution in [3.8, 4) is 0 Å². The van der Waals surface area contributed by atoms with Crippen LogP contribution in [0.3, 0.4) is 0 Å². The molecule has 3 aromatic rings. The van der Waals surface area contributed by atoms with Crippen LogP contribution in [0.1, 0.15) is 69.9 Å². The predicted molar refractivity (Wildman–Crippen MR) is 216 cm³/mol. The molecule has 1 unspecified atom stereocenters. The average molecular weight is 829 g/mol. The fourth-order valence-electron chi connectivity index (χ4n) is 9.21. The summed E-state index contributed by atoms with van der Waals surface area (Å²) in [5.41, 5.74) is 5.14. The first-order valence-electron chi connectivity index (χ1n) is 19.8. The second-order valence-electron chi connectivity index (χ2n) is 16.2. The minimum Gasteiger partial charge on any atom is -0.379 e. The number of piperazine rings is 1. The maximum atomic E-state index is 13.6. The van der Waals surface area contributed by atoms with Crippen molar-refractivity contribution in [2.45, 2.75) is 56.7 Å². The van der Waals surface area contributed by atoms with Crippen LogP contribution < -0.4 is 21.1 Å². The molecule has 2 N–H and O–H groups in total. The second kappa shape index (κ2) is 16.1. The van der Waals surface area contributed by atoms with Gasteiger partial charge in [0, 0.05) is 102 Å². The number of aryl methyl sites for hydroxylation is 1. The molecular formula is C41H50BrN9O5. The number of carbonyl (C=O) groups is 4. The Morgan fingerprint density at radius 3 is 2.41 bits per heavy atom. The minimum atomic E-state index is -0.605. The van der Waals surface area contributed by atoms with Gasteiger partial charge >= 0.3 is 0 Å². The Balaban J connectivity index is 0.787. The van der Waals surface area contributed by atoms with Gasteiger partial charge in [0.2, 0.25) is 11.8 Å². The molecule has 5 aliphatic rings. The van der Waals surface area contributed by atoms with E-state index in [1.54, 1.807) is 18.1 Å². The van der Waals surface area contributed by atoms with Gasteiger partial charge in [-0.2, -0.15) is 5.10 Å². The molecule has 2 aromatic carbocycles. The summed E-state index contributed by atoms with van der Waals surface area (Å²) < 4.78 is 1.80. The number of anilines is 2. The van der Waals surface area contributed by atoms with Crippen molar-refractivity contribution in [2.24, 2.45) is 13.0 Å². The van der Waals surface area contributed by atoms with Crippen molar-refractivity contribution in [1.82, 2.24) is 34.7 Å². The molecule has 4 fully saturated rings. The van der Waals surface area contributed by atoms with Crippen molar-refractivity contribution >= 4 is 50.9 Å². The normalized spacial score (nSPS) is 24.0. The number of amides is 4. The quantitative estimate of drug-likeness (QED) is 0.326. The van der Waals surface area contributed by atoms with Crippen LogP contribution in [0.25, 0.3) is 0 Å². The molecule has 0 spiro atoms. The van der Waals surface area contributed by atoms with Crippen molar-refractivity contribution in [3.63, 3.8) is 0 Å².